The summed E-state index contributed by atoms with van der Waals surface area (Å²) in [7, 11) is -4.51. The van der Waals surface area contributed by atoms with Gasteiger partial charge >= 0.3 is 12.2 Å². The summed E-state index contributed by atoms with van der Waals surface area (Å²) in [6.07, 6.45) is -3.65. The molecule has 0 aromatic heterocycles. The zero-order valence-electron chi connectivity index (χ0n) is 13.6. The number of nitrogens with one attached hydrogen (secondary N) is 1. The highest BCUT2D eigenvalue weighted by Crippen LogP contribution is 2.16. The predicted molar refractivity (Wildman–Crippen MR) is 81.8 cm³/mol. The maximum Gasteiger partial charge on any atom is 0.443 e. The van der Waals surface area contributed by atoms with Crippen LogP contribution in [0.2, 0.25) is 0 Å². The van der Waals surface area contributed by atoms with E-state index in [9.17, 15) is 22.4 Å². The van der Waals surface area contributed by atoms with Gasteiger partial charge in [0.05, 0.1) is 17.1 Å². The molecule has 0 aliphatic rings. The van der Waals surface area contributed by atoms with Gasteiger partial charge in [0.1, 0.15) is 5.82 Å². The molecule has 1 rings (SSSR count). The molecular weight excluding hydrogens is 343 g/mol. The van der Waals surface area contributed by atoms with Crippen LogP contribution in [-0.2, 0) is 19.5 Å². The first-order valence-corrected chi connectivity index (χ1v) is 8.46. The maximum absolute atomic E-state index is 13.0. The van der Waals surface area contributed by atoms with Crippen molar-refractivity contribution in [3.8, 4) is 0 Å². The molecule has 0 unspecified atom stereocenters. The van der Waals surface area contributed by atoms with Crippen LogP contribution < -0.4 is 5.43 Å². The summed E-state index contributed by atoms with van der Waals surface area (Å²) >= 11 is 0. The van der Waals surface area contributed by atoms with Crippen molar-refractivity contribution in [3.63, 3.8) is 0 Å². The topological polar surface area (TPSA) is 102 Å². The van der Waals surface area contributed by atoms with Gasteiger partial charge in [-0.25, -0.2) is 19.4 Å². The molecule has 0 heterocycles. The molecule has 0 fully saturated rings. The zero-order valence-corrected chi connectivity index (χ0v) is 14.5. The third-order valence-corrected chi connectivity index (χ3v) is 3.98. The van der Waals surface area contributed by atoms with Gasteiger partial charge in [-0.1, -0.05) is 0 Å². The van der Waals surface area contributed by atoms with Crippen molar-refractivity contribution in [1.82, 2.24) is 9.84 Å². The molecule has 0 atom stereocenters. The molecule has 8 nitrogen and oxygen atoms in total. The fraction of sp³-hybridized carbons (Fsp3) is 0.429. The Morgan fingerprint density at radius 3 is 2.00 bits per heavy atom. The molecule has 0 aliphatic heterocycles. The van der Waals surface area contributed by atoms with Gasteiger partial charge < -0.3 is 9.47 Å². The van der Waals surface area contributed by atoms with Crippen LogP contribution in [0.15, 0.2) is 29.2 Å². The number of benzene rings is 1. The Balaban J connectivity index is 3.17. The van der Waals surface area contributed by atoms with Crippen molar-refractivity contribution < 1.29 is 31.9 Å². The number of hydrazine groups is 1. The average Bonchev–Trinajstić information content (AvgIpc) is 2.43. The Hall–Kier alpha value is -2.36. The molecule has 2 amide bonds. The second-order valence-electron chi connectivity index (χ2n) is 5.22. The van der Waals surface area contributed by atoms with Gasteiger partial charge in [-0.2, -0.15) is 8.42 Å². The molecule has 1 aromatic carbocycles. The van der Waals surface area contributed by atoms with Gasteiger partial charge in [-0.3, -0.25) is 0 Å². The molecule has 24 heavy (non-hydrogen) atoms. The highest BCUT2D eigenvalue weighted by atomic mass is 32.2. The first kappa shape index (κ1) is 19.7. The number of sulfonamides is 1. The smallest absolute Gasteiger partial charge is 0.443 e. The number of carbonyl (C=O) groups excluding carboxylic acids is 2. The van der Waals surface area contributed by atoms with E-state index in [0.717, 1.165) is 24.3 Å². The average molecular weight is 362 g/mol. The molecule has 0 aliphatic carbocycles. The van der Waals surface area contributed by atoms with Crippen LogP contribution in [0, 0.1) is 5.82 Å². The maximum atomic E-state index is 13.0. The molecule has 10 heteroatoms. The zero-order chi connectivity index (χ0) is 18.5. The fourth-order valence-electron chi connectivity index (χ4n) is 1.49. The van der Waals surface area contributed by atoms with Crippen molar-refractivity contribution in [3.05, 3.63) is 30.1 Å². The lowest BCUT2D eigenvalue weighted by atomic mass is 10.4. The van der Waals surface area contributed by atoms with E-state index < -0.39 is 45.1 Å². The number of amides is 2. The van der Waals surface area contributed by atoms with E-state index in [-0.39, 0.29) is 4.41 Å². The van der Waals surface area contributed by atoms with E-state index >= 15 is 0 Å². The van der Waals surface area contributed by atoms with E-state index in [4.69, 9.17) is 9.47 Å². The van der Waals surface area contributed by atoms with Gasteiger partial charge in [-0.15, -0.1) is 4.41 Å². The number of hydrogen-bond acceptors (Lipinski definition) is 6. The van der Waals surface area contributed by atoms with Crippen molar-refractivity contribution >= 4 is 22.2 Å². The number of nitrogens with zero attached hydrogens (tertiary/aromatic N) is 1. The largest absolute Gasteiger partial charge is 0.446 e. The van der Waals surface area contributed by atoms with Crippen molar-refractivity contribution in [1.29, 1.82) is 0 Å². The van der Waals surface area contributed by atoms with Crippen LogP contribution in [0.1, 0.15) is 27.7 Å². The molecule has 1 N–H and O–H groups in total. The minimum atomic E-state index is -4.51. The summed E-state index contributed by atoms with van der Waals surface area (Å²) in [5.41, 5.74) is 1.82. The summed E-state index contributed by atoms with van der Waals surface area (Å²) in [6.45, 7) is 6.11. The van der Waals surface area contributed by atoms with Crippen molar-refractivity contribution in [2.45, 2.75) is 44.8 Å². The third-order valence-electron chi connectivity index (χ3n) is 2.39. The van der Waals surface area contributed by atoms with Gasteiger partial charge in [0.15, 0.2) is 0 Å². The summed E-state index contributed by atoms with van der Waals surface area (Å²) < 4.78 is 47.6. The lowest BCUT2D eigenvalue weighted by Gasteiger charge is -2.23. The number of hydrogen-bond donors (Lipinski definition) is 1. The number of halogens is 1. The minimum Gasteiger partial charge on any atom is -0.446 e. The summed E-state index contributed by atoms with van der Waals surface area (Å²) in [6, 6.07) is 3.72. The number of carbonyl (C=O) groups is 2. The van der Waals surface area contributed by atoms with Crippen LogP contribution in [0.4, 0.5) is 14.0 Å². The Kier molecular flexibility index (Phi) is 6.52. The van der Waals surface area contributed by atoms with E-state index in [0.29, 0.717) is 0 Å². The first-order valence-electron chi connectivity index (χ1n) is 7.02. The van der Waals surface area contributed by atoms with Gasteiger partial charge in [0.2, 0.25) is 0 Å². The van der Waals surface area contributed by atoms with Gasteiger partial charge in [0.25, 0.3) is 10.0 Å². The SMILES string of the molecule is CC(C)OC(=O)NN(C(=O)OC(C)C)S(=O)(=O)c1ccc(F)cc1. The van der Waals surface area contributed by atoms with Crippen molar-refractivity contribution in [2.24, 2.45) is 0 Å². The van der Waals surface area contributed by atoms with E-state index in [2.05, 4.69) is 0 Å². The first-order chi connectivity index (χ1) is 11.0. The third kappa shape index (κ3) is 5.37. The van der Waals surface area contributed by atoms with E-state index in [1.165, 1.54) is 13.8 Å². The predicted octanol–water partition coefficient (Wildman–Crippen LogP) is 2.41. The second kappa shape index (κ2) is 7.95. The minimum absolute atomic E-state index is 0.0188. The second-order valence-corrected chi connectivity index (χ2v) is 7.01. The normalized spacial score (nSPS) is 11.3. The molecule has 1 aromatic rings. The van der Waals surface area contributed by atoms with Crippen LogP contribution in [0.3, 0.4) is 0 Å². The van der Waals surface area contributed by atoms with Crippen LogP contribution in [0.25, 0.3) is 0 Å². The van der Waals surface area contributed by atoms with Crippen molar-refractivity contribution in [2.75, 3.05) is 0 Å². The van der Waals surface area contributed by atoms with E-state index in [1.807, 2.05) is 5.43 Å². The molecule has 0 spiro atoms. The Morgan fingerprint density at radius 2 is 1.54 bits per heavy atom. The quantitative estimate of drug-likeness (QED) is 0.825. The lowest BCUT2D eigenvalue weighted by molar-refractivity contribution is 0.0715. The van der Waals surface area contributed by atoms with Crippen LogP contribution in [0.5, 0.6) is 0 Å². The summed E-state index contributed by atoms with van der Waals surface area (Å²) in [5, 5.41) is 0. The highest BCUT2D eigenvalue weighted by Gasteiger charge is 2.34. The van der Waals surface area contributed by atoms with Gasteiger partial charge in [0, 0.05) is 0 Å². The molecule has 0 saturated carbocycles. The molecule has 134 valence electrons. The lowest BCUT2D eigenvalue weighted by Crippen LogP contribution is -2.50. The molecule has 0 bridgehead atoms. The monoisotopic (exact) mass is 362 g/mol. The van der Waals surface area contributed by atoms with E-state index in [1.54, 1.807) is 13.8 Å². The molecular formula is C14H19FN2O6S. The molecule has 0 saturated heterocycles. The van der Waals surface area contributed by atoms with Crippen LogP contribution in [-0.4, -0.2) is 37.2 Å². The highest BCUT2D eigenvalue weighted by molar-refractivity contribution is 7.89. The molecule has 0 radical (unpaired) electrons. The Morgan fingerprint density at radius 1 is 1.04 bits per heavy atom. The fourth-order valence-corrected chi connectivity index (χ4v) is 2.61. The Labute approximate surface area is 139 Å². The van der Waals surface area contributed by atoms with Crippen LogP contribution >= 0.6 is 0 Å². The number of rotatable bonds is 4. The van der Waals surface area contributed by atoms with Gasteiger partial charge in [-0.05, 0) is 52.0 Å². The standard InChI is InChI=1S/C14H19FN2O6S/c1-9(2)22-13(18)16-17(14(19)23-10(3)4)24(20,21)12-7-5-11(15)6-8-12/h5-10H,1-4H3,(H,16,18). The summed E-state index contributed by atoms with van der Waals surface area (Å²) in [5.74, 6) is -0.655. The Bertz CT molecular complexity index is 688. The summed E-state index contributed by atoms with van der Waals surface area (Å²) in [4.78, 5) is 23.3. The number of ether oxygens (including phenoxy) is 2.